The molecule has 2 aromatic heterocycles. The number of rotatable bonds is 3. The summed E-state index contributed by atoms with van der Waals surface area (Å²) in [6.45, 7) is 5.21. The lowest BCUT2D eigenvalue weighted by Gasteiger charge is -2.23. The molecule has 0 bridgehead atoms. The van der Waals surface area contributed by atoms with Crippen molar-refractivity contribution in [3.8, 4) is 0 Å². The Balaban J connectivity index is 1.82. The highest BCUT2D eigenvalue weighted by Crippen LogP contribution is 2.25. The van der Waals surface area contributed by atoms with Gasteiger partial charge in [0, 0.05) is 36.1 Å². The molecule has 2 aromatic rings. The van der Waals surface area contributed by atoms with E-state index in [0.29, 0.717) is 5.92 Å². The van der Waals surface area contributed by atoms with E-state index < -0.39 is 0 Å². The lowest BCUT2D eigenvalue weighted by molar-refractivity contribution is 0.442. The Hall–Kier alpha value is -1.62. The average molecular weight is 259 g/mol. The molecule has 1 aliphatic rings. The molecule has 19 heavy (non-hydrogen) atoms. The van der Waals surface area contributed by atoms with Gasteiger partial charge in [-0.25, -0.2) is 4.98 Å². The monoisotopic (exact) mass is 259 g/mol. The van der Waals surface area contributed by atoms with Crippen LogP contribution in [-0.2, 0) is 13.6 Å². The van der Waals surface area contributed by atoms with Crippen LogP contribution < -0.4 is 5.32 Å². The van der Waals surface area contributed by atoms with Gasteiger partial charge in [0.2, 0.25) is 0 Å². The molecule has 0 aliphatic carbocycles. The van der Waals surface area contributed by atoms with Gasteiger partial charge in [0.05, 0.1) is 19.1 Å². The van der Waals surface area contributed by atoms with E-state index >= 15 is 0 Å². The Morgan fingerprint density at radius 2 is 2.11 bits per heavy atom. The van der Waals surface area contributed by atoms with E-state index in [0.717, 1.165) is 19.6 Å². The Morgan fingerprint density at radius 1 is 1.32 bits per heavy atom. The predicted molar refractivity (Wildman–Crippen MR) is 74.1 cm³/mol. The highest BCUT2D eigenvalue weighted by molar-refractivity contribution is 5.18. The summed E-state index contributed by atoms with van der Waals surface area (Å²) in [6, 6.07) is 0. The van der Waals surface area contributed by atoms with Gasteiger partial charge in [-0.3, -0.25) is 4.68 Å². The molecule has 102 valence electrons. The number of nitrogens with one attached hydrogen (secondary N) is 1. The van der Waals surface area contributed by atoms with Crippen molar-refractivity contribution in [1.82, 2.24) is 24.6 Å². The van der Waals surface area contributed by atoms with Gasteiger partial charge in [-0.1, -0.05) is 0 Å². The highest BCUT2D eigenvalue weighted by Gasteiger charge is 2.19. The third kappa shape index (κ3) is 2.42. The predicted octanol–water partition coefficient (Wildman–Crippen LogP) is 1.44. The maximum Gasteiger partial charge on any atom is 0.0951 e. The van der Waals surface area contributed by atoms with Crippen molar-refractivity contribution in [2.75, 3.05) is 13.1 Å². The van der Waals surface area contributed by atoms with Gasteiger partial charge < -0.3 is 9.88 Å². The number of nitrogens with zero attached hydrogens (tertiary/aromatic N) is 4. The quantitative estimate of drug-likeness (QED) is 0.907. The van der Waals surface area contributed by atoms with Crippen molar-refractivity contribution in [3.63, 3.8) is 0 Å². The molecule has 5 nitrogen and oxygen atoms in total. The number of hydrogen-bond acceptors (Lipinski definition) is 3. The van der Waals surface area contributed by atoms with Crippen molar-refractivity contribution in [2.24, 2.45) is 7.05 Å². The number of hydrogen-bond donors (Lipinski definition) is 1. The number of aromatic nitrogens is 4. The summed E-state index contributed by atoms with van der Waals surface area (Å²) >= 11 is 0. The first kappa shape index (κ1) is 12.4. The van der Waals surface area contributed by atoms with Crippen molar-refractivity contribution < 1.29 is 0 Å². The molecule has 0 saturated carbocycles. The molecule has 1 saturated heterocycles. The molecule has 0 aromatic carbocycles. The summed E-state index contributed by atoms with van der Waals surface area (Å²) < 4.78 is 4.20. The summed E-state index contributed by atoms with van der Waals surface area (Å²) in [4.78, 5) is 4.35. The zero-order valence-corrected chi connectivity index (χ0v) is 11.6. The van der Waals surface area contributed by atoms with E-state index in [1.807, 2.05) is 30.5 Å². The fourth-order valence-electron chi connectivity index (χ4n) is 2.80. The van der Waals surface area contributed by atoms with Crippen molar-refractivity contribution in [3.05, 3.63) is 35.7 Å². The summed E-state index contributed by atoms with van der Waals surface area (Å²) in [5.41, 5.74) is 3.87. The summed E-state index contributed by atoms with van der Waals surface area (Å²) in [5.74, 6) is 0.640. The molecule has 0 amide bonds. The second kappa shape index (κ2) is 5.17. The molecule has 0 spiro atoms. The van der Waals surface area contributed by atoms with Crippen molar-refractivity contribution >= 4 is 0 Å². The van der Waals surface area contributed by atoms with Gasteiger partial charge in [0.1, 0.15) is 0 Å². The first-order chi connectivity index (χ1) is 9.25. The summed E-state index contributed by atoms with van der Waals surface area (Å²) in [6.07, 6.45) is 8.35. The maximum atomic E-state index is 4.35. The first-order valence-corrected chi connectivity index (χ1v) is 6.94. The third-order valence-electron chi connectivity index (χ3n) is 4.18. The van der Waals surface area contributed by atoms with Crippen LogP contribution in [0.5, 0.6) is 0 Å². The minimum Gasteiger partial charge on any atom is -0.330 e. The van der Waals surface area contributed by atoms with E-state index in [-0.39, 0.29) is 0 Å². The van der Waals surface area contributed by atoms with Gasteiger partial charge in [-0.2, -0.15) is 5.10 Å². The average Bonchev–Trinajstić information content (AvgIpc) is 3.02. The van der Waals surface area contributed by atoms with Gasteiger partial charge in [0.15, 0.2) is 0 Å². The van der Waals surface area contributed by atoms with Crippen LogP contribution in [0.3, 0.4) is 0 Å². The summed E-state index contributed by atoms with van der Waals surface area (Å²) in [7, 11) is 1.99. The molecule has 1 fully saturated rings. The zero-order chi connectivity index (χ0) is 13.2. The first-order valence-electron chi connectivity index (χ1n) is 6.94. The molecule has 3 heterocycles. The van der Waals surface area contributed by atoms with Crippen molar-refractivity contribution in [1.29, 1.82) is 0 Å². The Labute approximate surface area is 113 Å². The van der Waals surface area contributed by atoms with E-state index in [4.69, 9.17) is 0 Å². The molecular formula is C14H21N5. The highest BCUT2D eigenvalue weighted by atomic mass is 15.3. The zero-order valence-electron chi connectivity index (χ0n) is 11.6. The van der Waals surface area contributed by atoms with Crippen LogP contribution in [0.15, 0.2) is 18.7 Å². The fourth-order valence-corrected chi connectivity index (χ4v) is 2.80. The van der Waals surface area contributed by atoms with Gasteiger partial charge in [-0.15, -0.1) is 0 Å². The van der Waals surface area contributed by atoms with Gasteiger partial charge in [-0.05, 0) is 32.9 Å². The second-order valence-electron chi connectivity index (χ2n) is 5.35. The minimum absolute atomic E-state index is 0.640. The molecule has 1 N–H and O–H groups in total. The molecule has 0 unspecified atom stereocenters. The lowest BCUT2D eigenvalue weighted by Crippen LogP contribution is -2.27. The van der Waals surface area contributed by atoms with Gasteiger partial charge in [0.25, 0.3) is 0 Å². The fraction of sp³-hybridized carbons (Fsp3) is 0.571. The molecule has 5 heteroatoms. The molecular weight excluding hydrogens is 238 g/mol. The Morgan fingerprint density at radius 3 is 2.79 bits per heavy atom. The lowest BCUT2D eigenvalue weighted by atomic mass is 9.95. The van der Waals surface area contributed by atoms with Crippen LogP contribution in [0.1, 0.15) is 35.7 Å². The number of aryl methyl sites for hydroxylation is 1. The van der Waals surface area contributed by atoms with Crippen molar-refractivity contribution in [2.45, 2.75) is 32.2 Å². The molecule has 0 atom stereocenters. The van der Waals surface area contributed by atoms with Gasteiger partial charge >= 0.3 is 0 Å². The third-order valence-corrected chi connectivity index (χ3v) is 4.18. The van der Waals surface area contributed by atoms with Crippen LogP contribution in [0, 0.1) is 6.92 Å². The number of imidazole rings is 1. The smallest absolute Gasteiger partial charge is 0.0951 e. The second-order valence-corrected chi connectivity index (χ2v) is 5.35. The standard InChI is InChI=1S/C14H21N5/c1-11-13(7-17-18(11)2)9-19-10-16-8-14(19)12-3-5-15-6-4-12/h7-8,10,12,15H,3-6,9H2,1-2H3. The normalized spacial score (nSPS) is 16.9. The van der Waals surface area contributed by atoms with Crippen LogP contribution in [0.4, 0.5) is 0 Å². The van der Waals surface area contributed by atoms with E-state index in [2.05, 4.69) is 26.9 Å². The summed E-state index contributed by atoms with van der Waals surface area (Å²) in [5, 5.41) is 7.73. The van der Waals surface area contributed by atoms with E-state index in [1.165, 1.54) is 29.8 Å². The van der Waals surface area contributed by atoms with E-state index in [1.54, 1.807) is 0 Å². The van der Waals surface area contributed by atoms with Crippen LogP contribution >= 0.6 is 0 Å². The number of piperidine rings is 1. The van der Waals surface area contributed by atoms with Crippen LogP contribution in [-0.4, -0.2) is 32.4 Å². The topological polar surface area (TPSA) is 47.7 Å². The minimum atomic E-state index is 0.640. The van der Waals surface area contributed by atoms with E-state index in [9.17, 15) is 0 Å². The molecule has 0 radical (unpaired) electrons. The largest absolute Gasteiger partial charge is 0.330 e. The van der Waals surface area contributed by atoms with Crippen LogP contribution in [0.25, 0.3) is 0 Å². The Bertz CT molecular complexity index is 548. The molecule has 3 rings (SSSR count). The molecule has 1 aliphatic heterocycles. The Kier molecular flexibility index (Phi) is 3.38. The maximum absolute atomic E-state index is 4.35. The SMILES string of the molecule is Cc1c(Cn2cncc2C2CCNCC2)cnn1C. The van der Waals surface area contributed by atoms with Crippen LogP contribution in [0.2, 0.25) is 0 Å².